The molecule has 2 aromatic heterocycles. The van der Waals surface area contributed by atoms with Gasteiger partial charge in [-0.15, -0.1) is 0 Å². The summed E-state index contributed by atoms with van der Waals surface area (Å²) in [5.41, 5.74) is 0. The first kappa shape index (κ1) is 14.8. The van der Waals surface area contributed by atoms with Crippen LogP contribution in [0.1, 0.15) is 9.75 Å². The zero-order chi connectivity index (χ0) is 12.8. The van der Waals surface area contributed by atoms with Crippen molar-refractivity contribution in [2.45, 2.75) is 8.86 Å². The first-order valence-electron chi connectivity index (χ1n) is 6.01. The monoisotopic (exact) mass is 646 g/mol. The van der Waals surface area contributed by atoms with Crippen LogP contribution >= 0.6 is 22.7 Å². The van der Waals surface area contributed by atoms with Crippen molar-refractivity contribution in [2.24, 2.45) is 0 Å². The van der Waals surface area contributed by atoms with E-state index in [4.69, 9.17) is 0 Å². The Bertz CT molecular complexity index is 586. The molecule has 0 aromatic carbocycles. The van der Waals surface area contributed by atoms with Crippen LogP contribution in [0.2, 0.25) is 8.86 Å². The van der Waals surface area contributed by atoms with E-state index in [9.17, 15) is 0 Å². The van der Waals surface area contributed by atoms with Gasteiger partial charge in [-0.05, 0) is 0 Å². The molecule has 18 heavy (non-hydrogen) atoms. The van der Waals surface area contributed by atoms with Crippen LogP contribution in [0.15, 0.2) is 24.3 Å². The molecule has 0 amide bonds. The molecule has 0 nitrogen and oxygen atoms in total. The summed E-state index contributed by atoms with van der Waals surface area (Å²) >= 11 is 2.02. The standard InChI is InChI=1S/C12H4S2.2CH3.2Hg/c1-3-9-5-7-11(13-9)12-8-6-10(4-2)14-12;;;;/h5-8H;2*1H3;;. The average Bonchev–Trinajstić information content (AvgIpc) is 3.02. The van der Waals surface area contributed by atoms with Gasteiger partial charge in [0.2, 0.25) is 0 Å². The van der Waals surface area contributed by atoms with Gasteiger partial charge < -0.3 is 0 Å². The predicted molar refractivity (Wildman–Crippen MR) is 73.1 cm³/mol. The van der Waals surface area contributed by atoms with E-state index in [0.29, 0.717) is 0 Å². The number of hydrogen-bond acceptors (Lipinski definition) is 2. The Labute approximate surface area is 141 Å². The minimum absolute atomic E-state index is 0.792. The van der Waals surface area contributed by atoms with Crippen molar-refractivity contribution in [1.82, 2.24) is 0 Å². The van der Waals surface area contributed by atoms with Gasteiger partial charge in [-0.25, -0.2) is 0 Å². The molecule has 0 atom stereocenters. The van der Waals surface area contributed by atoms with Crippen molar-refractivity contribution in [3.8, 4) is 28.5 Å². The first-order valence-corrected chi connectivity index (χ1v) is 24.1. The topological polar surface area (TPSA) is 0 Å². The summed E-state index contributed by atoms with van der Waals surface area (Å²) in [7, 11) is 0. The van der Waals surface area contributed by atoms with Crippen molar-refractivity contribution in [2.75, 3.05) is 0 Å². The Morgan fingerprint density at radius 2 is 1.22 bits per heavy atom. The molecule has 82 valence electrons. The fourth-order valence-electron chi connectivity index (χ4n) is 1.43. The molecular weight excluding hydrogens is 633 g/mol. The van der Waals surface area contributed by atoms with Crippen LogP contribution in [0.5, 0.6) is 0 Å². The Morgan fingerprint density at radius 1 is 0.778 bits per heavy atom. The molecular formula is C14H10Hg2S2. The third-order valence-electron chi connectivity index (χ3n) is 2.23. The van der Waals surface area contributed by atoms with Gasteiger partial charge in [-0.2, -0.15) is 0 Å². The molecule has 0 aliphatic carbocycles. The minimum atomic E-state index is -0.792. The van der Waals surface area contributed by atoms with E-state index in [2.05, 4.69) is 51.8 Å². The summed E-state index contributed by atoms with van der Waals surface area (Å²) in [5, 5.41) is 0. The molecule has 2 aromatic rings. The molecule has 2 rings (SSSR count). The van der Waals surface area contributed by atoms with Crippen LogP contribution in [0.3, 0.4) is 0 Å². The van der Waals surface area contributed by atoms with E-state index in [1.807, 2.05) is 0 Å². The second-order valence-corrected chi connectivity index (χ2v) is 14.1. The quantitative estimate of drug-likeness (QED) is 0.321. The van der Waals surface area contributed by atoms with Gasteiger partial charge in [0, 0.05) is 0 Å². The van der Waals surface area contributed by atoms with Gasteiger partial charge in [0.25, 0.3) is 0 Å². The van der Waals surface area contributed by atoms with Gasteiger partial charge >= 0.3 is 143 Å². The summed E-state index contributed by atoms with van der Waals surface area (Å²) in [5.74, 6) is 6.56. The first-order chi connectivity index (χ1) is 8.83. The maximum atomic E-state index is 3.33. The van der Waals surface area contributed by atoms with E-state index in [1.54, 1.807) is 22.7 Å². The van der Waals surface area contributed by atoms with E-state index in [0.717, 1.165) is 0 Å². The summed E-state index contributed by atoms with van der Waals surface area (Å²) in [6, 6.07) is 8.66. The van der Waals surface area contributed by atoms with Crippen molar-refractivity contribution in [1.29, 1.82) is 0 Å². The summed E-state index contributed by atoms with van der Waals surface area (Å²) < 4.78 is 11.3. The molecule has 0 saturated carbocycles. The molecule has 0 aliphatic rings. The van der Waals surface area contributed by atoms with Gasteiger partial charge in [0.05, 0.1) is 0 Å². The normalized spacial score (nSPS) is 8.33. The van der Waals surface area contributed by atoms with E-state index >= 15 is 0 Å². The Hall–Kier alpha value is 0.390. The zero-order valence-electron chi connectivity index (χ0n) is 10.5. The molecule has 0 N–H and O–H groups in total. The predicted octanol–water partition coefficient (Wildman–Crippen LogP) is 4.36. The second-order valence-electron chi connectivity index (χ2n) is 3.64. The van der Waals surface area contributed by atoms with Crippen molar-refractivity contribution < 1.29 is 49.1 Å². The van der Waals surface area contributed by atoms with Gasteiger partial charge in [0.1, 0.15) is 0 Å². The number of hydrogen-bond donors (Lipinski definition) is 0. The molecule has 4 heteroatoms. The Kier molecular flexibility index (Phi) is 6.45. The summed E-state index contributed by atoms with van der Waals surface area (Å²) in [6.45, 7) is 0. The number of thiophene rings is 2. The SMILES string of the molecule is [CH3][Hg][C]#Cc1ccc(-c2ccc(C#[C][Hg][CH3])s2)s1. The molecule has 0 fully saturated rings. The molecule has 0 unspecified atom stereocenters. The maximum absolute atomic E-state index is 3.33. The molecule has 0 saturated heterocycles. The van der Waals surface area contributed by atoms with Crippen LogP contribution in [-0.2, 0) is 49.1 Å². The van der Waals surface area contributed by atoms with E-state index in [-0.39, 0.29) is 0 Å². The van der Waals surface area contributed by atoms with Crippen LogP contribution in [0.4, 0.5) is 0 Å². The van der Waals surface area contributed by atoms with Gasteiger partial charge in [0.15, 0.2) is 0 Å². The van der Waals surface area contributed by atoms with Crippen LogP contribution in [0.25, 0.3) is 9.75 Å². The molecule has 2 heterocycles. The van der Waals surface area contributed by atoms with Crippen molar-refractivity contribution in [3.05, 3.63) is 34.0 Å². The Morgan fingerprint density at radius 3 is 1.61 bits per heavy atom. The van der Waals surface area contributed by atoms with E-state index in [1.165, 1.54) is 19.5 Å². The summed E-state index contributed by atoms with van der Waals surface area (Å²) in [4.78, 5) is 5.06. The summed E-state index contributed by atoms with van der Waals surface area (Å²) in [6.07, 6.45) is 0. The van der Waals surface area contributed by atoms with Crippen molar-refractivity contribution in [3.63, 3.8) is 0 Å². The van der Waals surface area contributed by atoms with Gasteiger partial charge in [-0.1, -0.05) is 0 Å². The molecule has 0 aliphatic heterocycles. The van der Waals surface area contributed by atoms with E-state index < -0.39 is 49.1 Å². The third-order valence-corrected chi connectivity index (χ3v) is 8.55. The van der Waals surface area contributed by atoms with Crippen LogP contribution in [-0.4, -0.2) is 0 Å². The Balaban J connectivity index is 2.21. The van der Waals surface area contributed by atoms with Crippen LogP contribution in [0, 0.1) is 18.7 Å². The molecule has 0 spiro atoms. The number of rotatable bonds is 1. The molecule has 0 bridgehead atoms. The van der Waals surface area contributed by atoms with Gasteiger partial charge in [-0.3, -0.25) is 0 Å². The van der Waals surface area contributed by atoms with Crippen LogP contribution < -0.4 is 0 Å². The second kappa shape index (κ2) is 7.85. The molecule has 0 radical (unpaired) electrons. The average molecular weight is 644 g/mol. The van der Waals surface area contributed by atoms with Crippen molar-refractivity contribution >= 4 is 22.7 Å². The fraction of sp³-hybridized carbons (Fsp3) is 0.143. The fourth-order valence-corrected chi connectivity index (χ4v) is 7.13. The third kappa shape index (κ3) is 4.20. The zero-order valence-corrected chi connectivity index (χ0v) is 23.2.